The summed E-state index contributed by atoms with van der Waals surface area (Å²) in [7, 11) is 0. The minimum atomic E-state index is 0.0161. The first-order chi connectivity index (χ1) is 7.04. The Labute approximate surface area is 108 Å². The van der Waals surface area contributed by atoms with Crippen LogP contribution < -0.4 is 5.73 Å². The maximum atomic E-state index is 6.11. The predicted molar refractivity (Wildman–Crippen MR) is 70.6 cm³/mol. The fraction of sp³-hybridized carbons (Fsp3) is 0.545. The lowest BCUT2D eigenvalue weighted by atomic mass is 9.98. The first kappa shape index (κ1) is 13.1. The molecular weight excluding hydrogens is 320 g/mol. The number of halogens is 2. The topological polar surface area (TPSA) is 38.9 Å². The van der Waals surface area contributed by atoms with Crippen molar-refractivity contribution in [3.05, 3.63) is 26.9 Å². The first-order valence-electron chi connectivity index (χ1n) is 5.11. The number of pyridine rings is 1. The third kappa shape index (κ3) is 3.85. The van der Waals surface area contributed by atoms with Crippen LogP contribution in [0.5, 0.6) is 0 Å². The minimum Gasteiger partial charge on any atom is -0.323 e. The highest BCUT2D eigenvalue weighted by Gasteiger charge is 2.14. The molecule has 0 saturated heterocycles. The molecule has 2 unspecified atom stereocenters. The lowest BCUT2D eigenvalue weighted by Crippen LogP contribution is -2.15. The van der Waals surface area contributed by atoms with E-state index >= 15 is 0 Å². The Balaban J connectivity index is 2.77. The summed E-state index contributed by atoms with van der Waals surface area (Å²) in [6.07, 6.45) is 3.92. The molecule has 1 rings (SSSR count). The number of rotatable bonds is 4. The van der Waals surface area contributed by atoms with Gasteiger partial charge in [-0.3, -0.25) is 4.98 Å². The second kappa shape index (κ2) is 5.97. The molecule has 2 atom stereocenters. The maximum Gasteiger partial charge on any atom is 0.0713 e. The second-order valence-corrected chi connectivity index (χ2v) is 5.65. The Morgan fingerprint density at radius 1 is 1.47 bits per heavy atom. The Hall–Kier alpha value is 0.0700. The zero-order valence-corrected chi connectivity index (χ0v) is 12.2. The highest BCUT2D eigenvalue weighted by molar-refractivity contribution is 9.11. The van der Waals surface area contributed by atoms with E-state index in [1.54, 1.807) is 6.20 Å². The average molecular weight is 336 g/mol. The molecule has 2 N–H and O–H groups in total. The smallest absolute Gasteiger partial charge is 0.0713 e. The highest BCUT2D eigenvalue weighted by atomic mass is 79.9. The molecule has 84 valence electrons. The van der Waals surface area contributed by atoms with E-state index in [0.717, 1.165) is 27.5 Å². The molecular formula is C11H16Br2N2. The zero-order valence-electron chi connectivity index (χ0n) is 9.00. The van der Waals surface area contributed by atoms with Gasteiger partial charge >= 0.3 is 0 Å². The van der Waals surface area contributed by atoms with Crippen LogP contribution in [0.1, 0.15) is 38.4 Å². The van der Waals surface area contributed by atoms with E-state index in [1.807, 2.05) is 6.07 Å². The van der Waals surface area contributed by atoms with E-state index in [2.05, 4.69) is 50.7 Å². The number of hydrogen-bond donors (Lipinski definition) is 1. The van der Waals surface area contributed by atoms with Crippen LogP contribution in [0.4, 0.5) is 0 Å². The molecule has 0 aliphatic carbocycles. The van der Waals surface area contributed by atoms with Crippen molar-refractivity contribution >= 4 is 31.9 Å². The molecule has 0 amide bonds. The molecule has 0 bridgehead atoms. The van der Waals surface area contributed by atoms with E-state index in [4.69, 9.17) is 5.73 Å². The molecule has 0 saturated carbocycles. The van der Waals surface area contributed by atoms with Crippen LogP contribution in [-0.2, 0) is 0 Å². The molecule has 1 aromatic heterocycles. The number of aromatic nitrogens is 1. The van der Waals surface area contributed by atoms with Gasteiger partial charge in [0.15, 0.2) is 0 Å². The lowest BCUT2D eigenvalue weighted by molar-refractivity contribution is 0.455. The summed E-state index contributed by atoms with van der Waals surface area (Å²) >= 11 is 6.86. The summed E-state index contributed by atoms with van der Waals surface area (Å²) in [5.74, 6) is 0.636. The number of hydrogen-bond acceptors (Lipinski definition) is 2. The van der Waals surface area contributed by atoms with Gasteiger partial charge in [-0.25, -0.2) is 0 Å². The van der Waals surface area contributed by atoms with Crippen LogP contribution in [0.2, 0.25) is 0 Å². The van der Waals surface area contributed by atoms with Gasteiger partial charge in [0.1, 0.15) is 0 Å². The van der Waals surface area contributed by atoms with Gasteiger partial charge in [0.25, 0.3) is 0 Å². The molecule has 2 nitrogen and oxygen atoms in total. The van der Waals surface area contributed by atoms with Gasteiger partial charge in [0, 0.05) is 21.2 Å². The molecule has 0 spiro atoms. The van der Waals surface area contributed by atoms with Crippen molar-refractivity contribution in [2.45, 2.75) is 32.7 Å². The standard InChI is InChI=1S/C11H16Br2N2/c1-3-7(2)4-10(14)11-9(13)5-8(12)6-15-11/h5-7,10H,3-4,14H2,1-2H3. The van der Waals surface area contributed by atoms with E-state index < -0.39 is 0 Å². The van der Waals surface area contributed by atoms with Crippen LogP contribution in [0, 0.1) is 5.92 Å². The molecule has 0 aliphatic heterocycles. The summed E-state index contributed by atoms with van der Waals surface area (Å²) in [5.41, 5.74) is 7.06. The van der Waals surface area contributed by atoms with E-state index in [9.17, 15) is 0 Å². The monoisotopic (exact) mass is 334 g/mol. The molecule has 4 heteroatoms. The van der Waals surface area contributed by atoms with Gasteiger partial charge in [0.05, 0.1) is 5.69 Å². The van der Waals surface area contributed by atoms with Crippen LogP contribution >= 0.6 is 31.9 Å². The largest absolute Gasteiger partial charge is 0.323 e. The van der Waals surface area contributed by atoms with Crippen LogP contribution in [-0.4, -0.2) is 4.98 Å². The zero-order chi connectivity index (χ0) is 11.4. The molecule has 0 aliphatic rings. The molecule has 0 radical (unpaired) electrons. The second-order valence-electron chi connectivity index (χ2n) is 3.88. The fourth-order valence-corrected chi connectivity index (χ4v) is 2.69. The van der Waals surface area contributed by atoms with Crippen molar-refractivity contribution in [2.24, 2.45) is 11.7 Å². The third-order valence-electron chi connectivity index (χ3n) is 2.54. The summed E-state index contributed by atoms with van der Waals surface area (Å²) < 4.78 is 1.95. The molecule has 1 aromatic rings. The van der Waals surface area contributed by atoms with Crippen molar-refractivity contribution in [2.75, 3.05) is 0 Å². The third-order valence-corrected chi connectivity index (χ3v) is 3.61. The lowest BCUT2D eigenvalue weighted by Gasteiger charge is -2.16. The predicted octanol–water partition coefficient (Wildman–Crippen LogP) is 4.04. The van der Waals surface area contributed by atoms with Crippen molar-refractivity contribution < 1.29 is 0 Å². The Bertz CT molecular complexity index is 328. The van der Waals surface area contributed by atoms with Gasteiger partial charge in [-0.2, -0.15) is 0 Å². The Morgan fingerprint density at radius 3 is 2.67 bits per heavy atom. The number of nitrogens with two attached hydrogens (primary N) is 1. The van der Waals surface area contributed by atoms with Crippen LogP contribution in [0.25, 0.3) is 0 Å². The fourth-order valence-electron chi connectivity index (χ4n) is 1.41. The highest BCUT2D eigenvalue weighted by Crippen LogP contribution is 2.27. The molecule has 15 heavy (non-hydrogen) atoms. The Morgan fingerprint density at radius 2 is 2.13 bits per heavy atom. The summed E-state index contributed by atoms with van der Waals surface area (Å²) in [4.78, 5) is 4.35. The average Bonchev–Trinajstić information content (AvgIpc) is 2.17. The Kier molecular flexibility index (Phi) is 5.23. The van der Waals surface area contributed by atoms with Crippen molar-refractivity contribution in [3.8, 4) is 0 Å². The van der Waals surface area contributed by atoms with Crippen molar-refractivity contribution in [1.29, 1.82) is 0 Å². The number of nitrogens with zero attached hydrogens (tertiary/aromatic N) is 1. The van der Waals surface area contributed by atoms with Gasteiger partial charge in [-0.1, -0.05) is 20.3 Å². The summed E-state index contributed by atoms with van der Waals surface area (Å²) in [5, 5.41) is 0. The molecule has 1 heterocycles. The van der Waals surface area contributed by atoms with E-state index in [-0.39, 0.29) is 6.04 Å². The van der Waals surface area contributed by atoms with E-state index in [0.29, 0.717) is 5.92 Å². The van der Waals surface area contributed by atoms with E-state index in [1.165, 1.54) is 0 Å². The van der Waals surface area contributed by atoms with Gasteiger partial charge in [-0.15, -0.1) is 0 Å². The molecule has 0 aromatic carbocycles. The van der Waals surface area contributed by atoms with Gasteiger partial charge < -0.3 is 5.73 Å². The summed E-state index contributed by atoms with van der Waals surface area (Å²) in [6.45, 7) is 4.40. The summed E-state index contributed by atoms with van der Waals surface area (Å²) in [6, 6.07) is 2.00. The first-order valence-corrected chi connectivity index (χ1v) is 6.69. The maximum absolute atomic E-state index is 6.11. The molecule has 0 fully saturated rings. The van der Waals surface area contributed by atoms with Crippen molar-refractivity contribution in [3.63, 3.8) is 0 Å². The van der Waals surface area contributed by atoms with Crippen molar-refractivity contribution in [1.82, 2.24) is 4.98 Å². The normalized spacial score (nSPS) is 15.0. The van der Waals surface area contributed by atoms with Crippen LogP contribution in [0.15, 0.2) is 21.2 Å². The SMILES string of the molecule is CCC(C)CC(N)c1ncc(Br)cc1Br. The minimum absolute atomic E-state index is 0.0161. The quantitative estimate of drug-likeness (QED) is 0.901. The van der Waals surface area contributed by atoms with Gasteiger partial charge in [0.2, 0.25) is 0 Å². The van der Waals surface area contributed by atoms with Gasteiger partial charge in [-0.05, 0) is 50.3 Å². The van der Waals surface area contributed by atoms with Crippen LogP contribution in [0.3, 0.4) is 0 Å².